The molecule has 0 rings (SSSR count). The molecule has 8 heteroatoms. The van der Waals surface area contributed by atoms with Crippen LogP contribution in [0.15, 0.2) is 12.7 Å². The highest BCUT2D eigenvalue weighted by Gasteiger charge is 2.62. The lowest BCUT2D eigenvalue weighted by molar-refractivity contribution is -0.400. The van der Waals surface area contributed by atoms with Crippen molar-refractivity contribution in [1.29, 1.82) is 0 Å². The first-order valence-electron chi connectivity index (χ1n) is 8.24. The summed E-state index contributed by atoms with van der Waals surface area (Å²) in [5.41, 5.74) is -2.38. The average Bonchev–Trinajstić information content (AvgIpc) is 2.54. The van der Waals surface area contributed by atoms with Crippen LogP contribution in [-0.2, 0) is 33.0 Å². The molecule has 0 saturated heterocycles. The molecule has 0 aromatic carbocycles. The topological polar surface area (TPSA) is 80.3 Å². The van der Waals surface area contributed by atoms with E-state index in [4.69, 9.17) is 23.7 Å². The van der Waals surface area contributed by atoms with Crippen LogP contribution in [0.1, 0.15) is 41.0 Å². The maximum absolute atomic E-state index is 12.8. The predicted octanol–water partition coefficient (Wildman–Crippen LogP) is 3.41. The van der Waals surface area contributed by atoms with Crippen molar-refractivity contribution in [2.24, 2.45) is 0 Å². The molecule has 0 saturated carbocycles. The minimum atomic E-state index is -2.59. The number of allylic oxidation sites excluding steroid dienone is 1. The lowest BCUT2D eigenvalue weighted by Gasteiger charge is -2.35. The summed E-state index contributed by atoms with van der Waals surface area (Å²) in [6.07, 6.45) is 0.821. The monoisotopic (exact) mass is 365 g/mol. The third-order valence-electron chi connectivity index (χ3n) is 2.96. The zero-order valence-electron chi connectivity index (χ0n) is 15.3. The first kappa shape index (κ1) is 23.3. The third-order valence-corrected chi connectivity index (χ3v) is 4.57. The van der Waals surface area contributed by atoms with Gasteiger partial charge in [0.15, 0.2) is 0 Å². The van der Waals surface area contributed by atoms with Gasteiger partial charge in [-0.1, -0.05) is 11.1 Å². The fourth-order valence-corrected chi connectivity index (χ4v) is 3.58. The molecule has 0 heterocycles. The van der Waals surface area contributed by atoms with Gasteiger partial charge in [0, 0.05) is 25.9 Å². The first-order chi connectivity index (χ1) is 11.4. The van der Waals surface area contributed by atoms with E-state index >= 15 is 0 Å². The molecule has 0 radical (unpaired) electrons. The van der Waals surface area contributed by atoms with E-state index in [1.54, 1.807) is 34.6 Å². The van der Waals surface area contributed by atoms with Crippen LogP contribution in [0, 0.1) is 0 Å². The number of hydrogen-bond donors (Lipinski definition) is 0. The van der Waals surface area contributed by atoms with Crippen LogP contribution in [0.25, 0.3) is 0 Å². The summed E-state index contributed by atoms with van der Waals surface area (Å²) in [7, 11) is -2.59. The number of rotatable bonds is 15. The molecule has 0 amide bonds. The van der Waals surface area contributed by atoms with Crippen LogP contribution in [0.3, 0.4) is 0 Å². The molecule has 0 N–H and O–H groups in total. The lowest BCUT2D eigenvalue weighted by atomic mass is 10.3. The maximum Gasteiger partial charge on any atom is 0.485 e. The lowest BCUT2D eigenvalue weighted by Crippen LogP contribution is -2.49. The molecule has 0 aliphatic carbocycles. The Morgan fingerprint density at radius 2 is 1.25 bits per heavy atom. The van der Waals surface area contributed by atoms with Gasteiger partial charge in [0.1, 0.15) is 6.42 Å². The Labute approximate surface area is 145 Å². The van der Waals surface area contributed by atoms with E-state index in [1.165, 1.54) is 0 Å². The van der Waals surface area contributed by atoms with E-state index in [-0.39, 0.29) is 19.6 Å². The smallest absolute Gasteiger partial charge is 0.327 e. The second-order valence-electron chi connectivity index (χ2n) is 4.57. The van der Waals surface area contributed by atoms with E-state index in [1.807, 2.05) is 0 Å². The molecule has 0 aliphatic heterocycles. The molecular weight excluding hydrogens is 335 g/mol. The highest BCUT2D eigenvalue weighted by molar-refractivity contribution is 7.65. The zero-order chi connectivity index (χ0) is 18.6. The molecule has 0 aliphatic rings. The molecule has 0 aromatic heterocycles. The van der Waals surface area contributed by atoms with Gasteiger partial charge in [-0.25, -0.2) is 4.79 Å². The standard InChI is InChI=1S/C16H30O7P/c1-7-14(17)24(18)16(22-11-5,23-12-6)13-15(19-8-2,20-9-3)21-10-4/h7H,1,8-13H2,2-6H3/q+1. The fourth-order valence-electron chi connectivity index (χ4n) is 2.25. The number of carbonyl (C=O) groups is 1. The molecule has 1 atom stereocenters. The normalized spacial score (nSPS) is 13.0. The van der Waals surface area contributed by atoms with E-state index < -0.39 is 24.8 Å². The Kier molecular flexibility index (Phi) is 11.5. The van der Waals surface area contributed by atoms with Gasteiger partial charge in [-0.15, -0.1) is 0 Å². The van der Waals surface area contributed by atoms with Gasteiger partial charge >= 0.3 is 18.9 Å². The van der Waals surface area contributed by atoms with Gasteiger partial charge in [-0.3, -0.25) is 0 Å². The fraction of sp³-hybridized carbons (Fsp3) is 0.812. The molecule has 7 nitrogen and oxygen atoms in total. The Morgan fingerprint density at radius 1 is 0.875 bits per heavy atom. The van der Waals surface area contributed by atoms with E-state index in [9.17, 15) is 9.36 Å². The number of hydrogen-bond acceptors (Lipinski definition) is 7. The largest absolute Gasteiger partial charge is 0.485 e. The van der Waals surface area contributed by atoms with Gasteiger partial charge < -0.3 is 23.7 Å². The van der Waals surface area contributed by atoms with Crippen LogP contribution in [0.4, 0.5) is 0 Å². The van der Waals surface area contributed by atoms with Gasteiger partial charge in [0.2, 0.25) is 0 Å². The molecule has 0 fully saturated rings. The van der Waals surface area contributed by atoms with Gasteiger partial charge in [-0.2, -0.15) is 0 Å². The Hall–Kier alpha value is -0.690. The molecule has 24 heavy (non-hydrogen) atoms. The maximum atomic E-state index is 12.8. The van der Waals surface area contributed by atoms with Gasteiger partial charge in [-0.05, 0) is 34.6 Å². The molecule has 0 spiro atoms. The number of ether oxygens (including phenoxy) is 5. The minimum absolute atomic E-state index is 0.175. The van der Waals surface area contributed by atoms with E-state index in [0.29, 0.717) is 19.8 Å². The summed E-state index contributed by atoms with van der Waals surface area (Å²) in [6, 6.07) is 0. The molecule has 140 valence electrons. The SMILES string of the molecule is C=CC(=O)[P+](=O)C(CC(OCC)(OCC)OCC)(OCC)OCC. The van der Waals surface area contributed by atoms with E-state index in [0.717, 1.165) is 6.08 Å². The zero-order valence-corrected chi connectivity index (χ0v) is 16.2. The van der Waals surface area contributed by atoms with Crippen LogP contribution in [0.5, 0.6) is 0 Å². The molecular formula is C16H30O7P+. The van der Waals surface area contributed by atoms with Crippen LogP contribution < -0.4 is 0 Å². The van der Waals surface area contributed by atoms with Crippen molar-refractivity contribution < 1.29 is 33.0 Å². The second-order valence-corrected chi connectivity index (χ2v) is 6.29. The van der Waals surface area contributed by atoms with Crippen molar-refractivity contribution in [2.45, 2.75) is 52.5 Å². The Bertz CT molecular complexity index is 388. The quantitative estimate of drug-likeness (QED) is 0.250. The highest BCUT2D eigenvalue weighted by Crippen LogP contribution is 2.48. The highest BCUT2D eigenvalue weighted by atomic mass is 31.1. The van der Waals surface area contributed by atoms with Crippen molar-refractivity contribution in [3.63, 3.8) is 0 Å². The summed E-state index contributed by atoms with van der Waals surface area (Å²) in [6.45, 7) is 13.4. The summed E-state index contributed by atoms with van der Waals surface area (Å²) >= 11 is 0. The first-order valence-corrected chi connectivity index (χ1v) is 9.50. The Morgan fingerprint density at radius 3 is 1.54 bits per heavy atom. The third kappa shape index (κ3) is 6.31. The average molecular weight is 365 g/mol. The van der Waals surface area contributed by atoms with Gasteiger partial charge in [0.25, 0.3) is 5.97 Å². The summed E-state index contributed by atoms with van der Waals surface area (Å²) < 4.78 is 41.0. The van der Waals surface area contributed by atoms with Crippen molar-refractivity contribution in [2.75, 3.05) is 33.0 Å². The number of carbonyl (C=O) groups excluding carboxylic acids is 1. The van der Waals surface area contributed by atoms with Crippen molar-refractivity contribution in [3.05, 3.63) is 12.7 Å². The molecule has 0 aromatic rings. The van der Waals surface area contributed by atoms with Crippen molar-refractivity contribution in [1.82, 2.24) is 0 Å². The predicted molar refractivity (Wildman–Crippen MR) is 91.0 cm³/mol. The van der Waals surface area contributed by atoms with Gasteiger partial charge in [0.05, 0.1) is 13.2 Å². The van der Waals surface area contributed by atoms with E-state index in [2.05, 4.69) is 6.58 Å². The summed E-state index contributed by atoms with van der Waals surface area (Å²) in [4.78, 5) is 12.0. The molecule has 0 bridgehead atoms. The molecule has 1 unspecified atom stereocenters. The summed E-state index contributed by atoms with van der Waals surface area (Å²) in [5.74, 6) is -1.52. The van der Waals surface area contributed by atoms with Crippen molar-refractivity contribution >= 4 is 13.3 Å². The van der Waals surface area contributed by atoms with Crippen molar-refractivity contribution in [3.8, 4) is 0 Å². The Balaban J connectivity index is 5.92. The van der Waals surface area contributed by atoms with Crippen LogP contribution in [0.2, 0.25) is 0 Å². The summed E-state index contributed by atoms with van der Waals surface area (Å²) in [5, 5.41) is 0. The van der Waals surface area contributed by atoms with Crippen LogP contribution in [-0.4, -0.2) is 50.1 Å². The minimum Gasteiger partial charge on any atom is -0.327 e. The van der Waals surface area contributed by atoms with Crippen LogP contribution >= 0.6 is 7.80 Å². The second kappa shape index (κ2) is 11.8.